The zero-order valence-electron chi connectivity index (χ0n) is 11.1. The maximum absolute atomic E-state index is 11.5. The van der Waals surface area contributed by atoms with E-state index in [4.69, 9.17) is 14.6 Å². The van der Waals surface area contributed by atoms with Gasteiger partial charge in [-0.1, -0.05) is 0 Å². The van der Waals surface area contributed by atoms with Crippen molar-refractivity contribution in [2.45, 2.75) is 57.0 Å². The lowest BCUT2D eigenvalue weighted by Gasteiger charge is -2.40. The molecule has 1 aliphatic rings. The number of alkyl carbamates (subject to hydrolysis) is 1. The van der Waals surface area contributed by atoms with E-state index >= 15 is 0 Å². The molecule has 0 aromatic carbocycles. The zero-order chi connectivity index (χ0) is 14.8. The minimum Gasteiger partial charge on any atom is -0.444 e. The molecule has 8 nitrogen and oxygen atoms in total. The quantitative estimate of drug-likeness (QED) is 0.408. The van der Waals surface area contributed by atoms with Crippen LogP contribution in [0.25, 0.3) is 0 Å². The van der Waals surface area contributed by atoms with Gasteiger partial charge in [-0.3, -0.25) is 0 Å². The Hall–Kier alpha value is -0.930. The highest BCUT2D eigenvalue weighted by molar-refractivity contribution is 5.68. The third-order valence-electron chi connectivity index (χ3n) is 2.58. The molecule has 1 heterocycles. The summed E-state index contributed by atoms with van der Waals surface area (Å²) < 4.78 is 9.85. The summed E-state index contributed by atoms with van der Waals surface area (Å²) in [6.45, 7) is 4.42. The van der Waals surface area contributed by atoms with Crippen LogP contribution in [0.1, 0.15) is 20.8 Å². The number of aliphatic hydroxyl groups is 4. The minimum atomic E-state index is -1.55. The number of hydrogen-bond acceptors (Lipinski definition) is 7. The van der Waals surface area contributed by atoms with Gasteiger partial charge in [0.15, 0.2) is 6.29 Å². The Labute approximate surface area is 110 Å². The van der Waals surface area contributed by atoms with Gasteiger partial charge in [0.25, 0.3) is 0 Å². The lowest BCUT2D eigenvalue weighted by Crippen LogP contribution is -2.64. The topological polar surface area (TPSA) is 128 Å². The molecule has 5 N–H and O–H groups in total. The van der Waals surface area contributed by atoms with Crippen molar-refractivity contribution in [3.63, 3.8) is 0 Å². The summed E-state index contributed by atoms with van der Waals surface area (Å²) in [6.07, 6.45) is -6.42. The summed E-state index contributed by atoms with van der Waals surface area (Å²) in [6, 6.07) is -1.24. The summed E-state index contributed by atoms with van der Waals surface area (Å²) in [5.41, 5.74) is -0.734. The third-order valence-corrected chi connectivity index (χ3v) is 2.58. The summed E-state index contributed by atoms with van der Waals surface area (Å²) in [4.78, 5) is 11.5. The van der Waals surface area contributed by atoms with E-state index in [2.05, 4.69) is 5.32 Å². The van der Waals surface area contributed by atoms with Crippen LogP contribution in [-0.4, -0.2) is 69.4 Å². The number of amides is 1. The van der Waals surface area contributed by atoms with E-state index in [1.807, 2.05) is 0 Å². The Morgan fingerprint density at radius 3 is 2.32 bits per heavy atom. The highest BCUT2D eigenvalue weighted by atomic mass is 16.6. The van der Waals surface area contributed by atoms with E-state index in [1.54, 1.807) is 20.8 Å². The highest BCUT2D eigenvalue weighted by Gasteiger charge is 2.44. The minimum absolute atomic E-state index is 0.561. The first-order valence-electron chi connectivity index (χ1n) is 5.95. The smallest absolute Gasteiger partial charge is 0.408 e. The van der Waals surface area contributed by atoms with Gasteiger partial charge in [-0.05, 0) is 20.8 Å². The summed E-state index contributed by atoms with van der Waals surface area (Å²) in [7, 11) is 0. The first kappa shape index (κ1) is 16.1. The molecule has 1 saturated heterocycles. The van der Waals surface area contributed by atoms with Crippen LogP contribution in [0.2, 0.25) is 0 Å². The van der Waals surface area contributed by atoms with Crippen molar-refractivity contribution in [3.05, 3.63) is 0 Å². The maximum atomic E-state index is 11.5. The number of carbonyl (C=O) groups is 1. The Morgan fingerprint density at radius 1 is 1.26 bits per heavy atom. The van der Waals surface area contributed by atoms with Crippen LogP contribution < -0.4 is 5.32 Å². The van der Waals surface area contributed by atoms with Gasteiger partial charge >= 0.3 is 6.09 Å². The van der Waals surface area contributed by atoms with Crippen LogP contribution in [0.5, 0.6) is 0 Å². The fraction of sp³-hybridized carbons (Fsp3) is 0.909. The van der Waals surface area contributed by atoms with Gasteiger partial charge < -0.3 is 35.2 Å². The molecule has 0 aromatic rings. The second-order valence-corrected chi connectivity index (χ2v) is 5.40. The molecule has 1 rings (SSSR count). The molecular formula is C11H21NO7. The van der Waals surface area contributed by atoms with Gasteiger partial charge in [0.05, 0.1) is 6.61 Å². The molecule has 5 atom stereocenters. The van der Waals surface area contributed by atoms with Crippen molar-refractivity contribution >= 4 is 6.09 Å². The van der Waals surface area contributed by atoms with Gasteiger partial charge in [-0.15, -0.1) is 0 Å². The van der Waals surface area contributed by atoms with Crippen LogP contribution >= 0.6 is 0 Å². The first-order valence-corrected chi connectivity index (χ1v) is 5.95. The Kier molecular flexibility index (Phi) is 5.11. The van der Waals surface area contributed by atoms with Crippen molar-refractivity contribution in [2.75, 3.05) is 6.61 Å². The van der Waals surface area contributed by atoms with E-state index in [9.17, 15) is 20.1 Å². The van der Waals surface area contributed by atoms with Crippen LogP contribution in [0.3, 0.4) is 0 Å². The molecule has 112 valence electrons. The lowest BCUT2D eigenvalue weighted by atomic mass is 9.97. The molecule has 1 amide bonds. The largest absolute Gasteiger partial charge is 0.444 e. The maximum Gasteiger partial charge on any atom is 0.408 e. The Morgan fingerprint density at radius 2 is 1.84 bits per heavy atom. The van der Waals surface area contributed by atoms with E-state index in [0.29, 0.717) is 0 Å². The van der Waals surface area contributed by atoms with E-state index in [-0.39, 0.29) is 0 Å². The van der Waals surface area contributed by atoms with Crippen molar-refractivity contribution < 1.29 is 34.7 Å². The molecule has 0 aliphatic carbocycles. The van der Waals surface area contributed by atoms with Gasteiger partial charge in [-0.25, -0.2) is 4.79 Å². The predicted molar refractivity (Wildman–Crippen MR) is 63.1 cm³/mol. The molecule has 0 spiro atoms. The number of rotatable bonds is 2. The van der Waals surface area contributed by atoms with E-state index < -0.39 is 48.9 Å². The van der Waals surface area contributed by atoms with E-state index in [1.165, 1.54) is 0 Å². The molecule has 1 aliphatic heterocycles. The molecule has 2 unspecified atom stereocenters. The van der Waals surface area contributed by atoms with Gasteiger partial charge in [0, 0.05) is 0 Å². The van der Waals surface area contributed by atoms with Crippen molar-refractivity contribution in [3.8, 4) is 0 Å². The molecule has 19 heavy (non-hydrogen) atoms. The third kappa shape index (κ3) is 4.29. The monoisotopic (exact) mass is 279 g/mol. The summed E-state index contributed by atoms with van der Waals surface area (Å²) >= 11 is 0. The fourth-order valence-corrected chi connectivity index (χ4v) is 1.70. The van der Waals surface area contributed by atoms with Crippen LogP contribution in [-0.2, 0) is 9.47 Å². The van der Waals surface area contributed by atoms with E-state index in [0.717, 1.165) is 0 Å². The second kappa shape index (κ2) is 6.02. The van der Waals surface area contributed by atoms with Crippen molar-refractivity contribution in [1.29, 1.82) is 0 Å². The molecule has 0 aromatic heterocycles. The second-order valence-electron chi connectivity index (χ2n) is 5.40. The predicted octanol–water partition coefficient (Wildman–Crippen LogP) is -1.69. The van der Waals surface area contributed by atoms with Crippen LogP contribution in [0.15, 0.2) is 0 Å². The number of ether oxygens (including phenoxy) is 2. The molecule has 1 fully saturated rings. The standard InChI is InChI=1S/C11H21NO7/c1-11(2,3)19-10(17)12-6-8(15)7(14)5(4-13)18-9(6)16/h5-9,13-16H,4H2,1-3H3,(H,12,17)/t5?,6?,7-,8-,9+/m1/s1. The SMILES string of the molecule is CC(C)(C)OC(=O)NC1[C@@H](O)[C@H](O)C(CO)O[C@@H]1O. The molecule has 0 radical (unpaired) electrons. The molecule has 0 bridgehead atoms. The Bertz CT molecular complexity index is 317. The number of carbonyl (C=O) groups excluding carboxylic acids is 1. The number of hydrogen-bond donors (Lipinski definition) is 5. The number of nitrogens with one attached hydrogen (secondary N) is 1. The first-order chi connectivity index (χ1) is 8.65. The lowest BCUT2D eigenvalue weighted by molar-refractivity contribution is -0.253. The summed E-state index contributed by atoms with van der Waals surface area (Å²) in [5.74, 6) is 0. The fourth-order valence-electron chi connectivity index (χ4n) is 1.70. The average Bonchev–Trinajstić information content (AvgIpc) is 2.27. The van der Waals surface area contributed by atoms with Gasteiger partial charge in [0.1, 0.15) is 30.0 Å². The summed E-state index contributed by atoms with van der Waals surface area (Å²) in [5, 5.41) is 40.2. The normalized spacial score (nSPS) is 35.8. The van der Waals surface area contributed by atoms with Gasteiger partial charge in [0.2, 0.25) is 0 Å². The zero-order valence-corrected chi connectivity index (χ0v) is 11.1. The number of aliphatic hydroxyl groups excluding tert-OH is 4. The van der Waals surface area contributed by atoms with Gasteiger partial charge in [-0.2, -0.15) is 0 Å². The Balaban J connectivity index is 2.65. The van der Waals surface area contributed by atoms with Crippen molar-refractivity contribution in [2.24, 2.45) is 0 Å². The van der Waals surface area contributed by atoms with Crippen LogP contribution in [0.4, 0.5) is 4.79 Å². The molecule has 0 saturated carbocycles. The average molecular weight is 279 g/mol. The highest BCUT2D eigenvalue weighted by Crippen LogP contribution is 2.20. The van der Waals surface area contributed by atoms with Crippen LogP contribution in [0, 0.1) is 0 Å². The molecule has 8 heteroatoms. The van der Waals surface area contributed by atoms with Crippen molar-refractivity contribution in [1.82, 2.24) is 5.32 Å². The molecular weight excluding hydrogens is 258 g/mol.